The zero-order chi connectivity index (χ0) is 13.1. The maximum Gasteiger partial charge on any atom is 0.272 e. The molecule has 0 saturated carbocycles. The second kappa shape index (κ2) is 6.84. The van der Waals surface area contributed by atoms with Crippen LogP contribution in [0.4, 0.5) is 5.69 Å². The highest BCUT2D eigenvalue weighted by Crippen LogP contribution is 2.22. The third-order valence-corrected chi connectivity index (χ3v) is 3.46. The van der Waals surface area contributed by atoms with E-state index in [0.29, 0.717) is 6.04 Å². The van der Waals surface area contributed by atoms with Gasteiger partial charge < -0.3 is 5.32 Å². The second-order valence-electron chi connectivity index (χ2n) is 4.91. The lowest BCUT2D eigenvalue weighted by Crippen LogP contribution is -2.48. The number of hydrogen-bond donors (Lipinski definition) is 1. The predicted octanol–water partition coefficient (Wildman–Crippen LogP) is 2.12. The summed E-state index contributed by atoms with van der Waals surface area (Å²) in [7, 11) is 0. The van der Waals surface area contributed by atoms with Crippen molar-refractivity contribution in [3.63, 3.8) is 0 Å². The van der Waals surface area contributed by atoms with Crippen molar-refractivity contribution in [2.75, 3.05) is 19.6 Å². The third kappa shape index (κ3) is 3.89. The summed E-state index contributed by atoms with van der Waals surface area (Å²) in [6, 6.07) is 5.80. The van der Waals surface area contributed by atoms with E-state index < -0.39 is 0 Å². The van der Waals surface area contributed by atoms with Crippen molar-refractivity contribution >= 4 is 18.1 Å². The minimum absolute atomic E-state index is 0. The quantitative estimate of drug-likeness (QED) is 0.683. The van der Waals surface area contributed by atoms with Gasteiger partial charge in [-0.1, -0.05) is 12.1 Å². The summed E-state index contributed by atoms with van der Waals surface area (Å²) in [5, 5.41) is 14.3. The Labute approximate surface area is 119 Å². The van der Waals surface area contributed by atoms with Gasteiger partial charge in [-0.05, 0) is 19.4 Å². The summed E-state index contributed by atoms with van der Waals surface area (Å²) in [4.78, 5) is 12.9. The number of piperazine rings is 1. The number of nitro benzene ring substituents is 1. The lowest BCUT2D eigenvalue weighted by atomic mass is 10.1. The summed E-state index contributed by atoms with van der Waals surface area (Å²) >= 11 is 0. The second-order valence-corrected chi connectivity index (χ2v) is 4.91. The predicted molar refractivity (Wildman–Crippen MR) is 77.8 cm³/mol. The van der Waals surface area contributed by atoms with Gasteiger partial charge in [0.15, 0.2) is 0 Å². The molecule has 1 aromatic rings. The van der Waals surface area contributed by atoms with Crippen molar-refractivity contribution in [1.29, 1.82) is 0 Å². The molecular weight excluding hydrogens is 266 g/mol. The fourth-order valence-corrected chi connectivity index (χ4v) is 2.44. The molecule has 1 N–H and O–H groups in total. The fraction of sp³-hybridized carbons (Fsp3) is 0.538. The lowest BCUT2D eigenvalue weighted by Gasteiger charge is -2.32. The van der Waals surface area contributed by atoms with Crippen molar-refractivity contribution < 1.29 is 4.92 Å². The summed E-state index contributed by atoms with van der Waals surface area (Å²) in [5.74, 6) is 0. The van der Waals surface area contributed by atoms with Crippen molar-refractivity contribution in [2.24, 2.45) is 0 Å². The Hall–Kier alpha value is -1.17. The molecule has 1 saturated heterocycles. The van der Waals surface area contributed by atoms with Gasteiger partial charge in [-0.3, -0.25) is 15.0 Å². The van der Waals surface area contributed by atoms with E-state index in [9.17, 15) is 10.1 Å². The molecule has 1 aromatic carbocycles. The standard InChI is InChI=1S/C13H19N3O2.ClH/c1-10-8-15(7-6-14-10)9-12-4-3-5-13(11(12)2)16(17)18;/h3-5,10,14H,6-9H2,1-2H3;1H. The summed E-state index contributed by atoms with van der Waals surface area (Å²) in [5.41, 5.74) is 2.06. The molecule has 0 aliphatic carbocycles. The highest BCUT2D eigenvalue weighted by molar-refractivity contribution is 5.85. The molecule has 1 fully saturated rings. The topological polar surface area (TPSA) is 58.4 Å². The van der Waals surface area contributed by atoms with Gasteiger partial charge in [-0.15, -0.1) is 12.4 Å². The molecule has 1 heterocycles. The van der Waals surface area contributed by atoms with E-state index in [-0.39, 0.29) is 23.0 Å². The maximum atomic E-state index is 10.9. The van der Waals surface area contributed by atoms with Crippen LogP contribution in [0.3, 0.4) is 0 Å². The average molecular weight is 286 g/mol. The molecule has 6 heteroatoms. The van der Waals surface area contributed by atoms with E-state index in [1.807, 2.05) is 13.0 Å². The van der Waals surface area contributed by atoms with Crippen LogP contribution in [0.2, 0.25) is 0 Å². The van der Waals surface area contributed by atoms with Crippen LogP contribution in [0, 0.1) is 17.0 Å². The SMILES string of the molecule is Cc1c(CN2CCNC(C)C2)cccc1[N+](=O)[O-].Cl. The average Bonchev–Trinajstić information content (AvgIpc) is 2.31. The van der Waals surface area contributed by atoms with Crippen molar-refractivity contribution in [1.82, 2.24) is 10.2 Å². The zero-order valence-electron chi connectivity index (χ0n) is 11.3. The maximum absolute atomic E-state index is 10.9. The first-order valence-corrected chi connectivity index (χ1v) is 6.26. The molecule has 19 heavy (non-hydrogen) atoms. The van der Waals surface area contributed by atoms with Crippen molar-refractivity contribution in [3.8, 4) is 0 Å². The Kier molecular flexibility index (Phi) is 5.72. The van der Waals surface area contributed by atoms with Gasteiger partial charge in [0.05, 0.1) is 4.92 Å². The minimum Gasteiger partial charge on any atom is -0.312 e. The molecule has 2 rings (SSSR count). The number of nitro groups is 1. The Balaban J connectivity index is 0.00000180. The minimum atomic E-state index is -0.306. The van der Waals surface area contributed by atoms with Crippen LogP contribution < -0.4 is 5.32 Å². The smallest absolute Gasteiger partial charge is 0.272 e. The van der Waals surface area contributed by atoms with Crippen molar-refractivity contribution in [2.45, 2.75) is 26.4 Å². The summed E-state index contributed by atoms with van der Waals surface area (Å²) < 4.78 is 0. The van der Waals surface area contributed by atoms with Gasteiger partial charge >= 0.3 is 0 Å². The molecular formula is C13H20ClN3O2. The Morgan fingerprint density at radius 3 is 2.89 bits per heavy atom. The van der Waals surface area contributed by atoms with E-state index in [1.54, 1.807) is 12.1 Å². The largest absolute Gasteiger partial charge is 0.312 e. The Morgan fingerprint density at radius 1 is 1.53 bits per heavy atom. The monoisotopic (exact) mass is 285 g/mol. The molecule has 1 unspecified atom stereocenters. The first-order valence-electron chi connectivity index (χ1n) is 6.26. The number of hydrogen-bond acceptors (Lipinski definition) is 4. The highest BCUT2D eigenvalue weighted by atomic mass is 35.5. The third-order valence-electron chi connectivity index (χ3n) is 3.46. The van der Waals surface area contributed by atoms with Crippen LogP contribution in [-0.2, 0) is 6.54 Å². The molecule has 106 valence electrons. The van der Waals surface area contributed by atoms with E-state index >= 15 is 0 Å². The van der Waals surface area contributed by atoms with Gasteiger partial charge in [0.25, 0.3) is 5.69 Å². The number of nitrogens with one attached hydrogen (secondary N) is 1. The van der Waals surface area contributed by atoms with E-state index in [2.05, 4.69) is 17.1 Å². The molecule has 1 atom stereocenters. The Bertz CT molecular complexity index is 454. The van der Waals surface area contributed by atoms with Crippen LogP contribution >= 0.6 is 12.4 Å². The van der Waals surface area contributed by atoms with Gasteiger partial charge in [0.1, 0.15) is 0 Å². The van der Waals surface area contributed by atoms with E-state index in [1.165, 1.54) is 0 Å². The number of rotatable bonds is 3. The van der Waals surface area contributed by atoms with Crippen molar-refractivity contribution in [3.05, 3.63) is 39.4 Å². The van der Waals surface area contributed by atoms with Gasteiger partial charge in [-0.2, -0.15) is 0 Å². The summed E-state index contributed by atoms with van der Waals surface area (Å²) in [6.45, 7) is 7.74. The first kappa shape index (κ1) is 15.9. The molecule has 0 radical (unpaired) electrons. The highest BCUT2D eigenvalue weighted by Gasteiger charge is 2.18. The molecule has 1 aliphatic rings. The van der Waals surface area contributed by atoms with Crippen LogP contribution in [0.15, 0.2) is 18.2 Å². The van der Waals surface area contributed by atoms with Crippen LogP contribution in [0.5, 0.6) is 0 Å². The normalized spacial score (nSPS) is 19.8. The molecule has 5 nitrogen and oxygen atoms in total. The van der Waals surface area contributed by atoms with Crippen LogP contribution in [-0.4, -0.2) is 35.5 Å². The molecule has 0 spiro atoms. The van der Waals surface area contributed by atoms with E-state index in [4.69, 9.17) is 0 Å². The molecule has 1 aliphatic heterocycles. The van der Waals surface area contributed by atoms with Gasteiger partial charge in [0.2, 0.25) is 0 Å². The van der Waals surface area contributed by atoms with Crippen LogP contribution in [0.25, 0.3) is 0 Å². The summed E-state index contributed by atoms with van der Waals surface area (Å²) in [6.07, 6.45) is 0. The number of halogens is 1. The zero-order valence-corrected chi connectivity index (χ0v) is 12.1. The Morgan fingerprint density at radius 2 is 2.26 bits per heavy atom. The van der Waals surface area contributed by atoms with E-state index in [0.717, 1.165) is 37.3 Å². The lowest BCUT2D eigenvalue weighted by molar-refractivity contribution is -0.385. The number of benzene rings is 1. The first-order chi connectivity index (χ1) is 8.58. The van der Waals surface area contributed by atoms with Gasteiger partial charge in [-0.25, -0.2) is 0 Å². The van der Waals surface area contributed by atoms with Gasteiger partial charge in [0, 0.05) is 43.9 Å². The fourth-order valence-electron chi connectivity index (χ4n) is 2.44. The molecule has 0 bridgehead atoms. The molecule has 0 aromatic heterocycles. The number of nitrogens with zero attached hydrogens (tertiary/aromatic N) is 2. The molecule has 0 amide bonds. The van der Waals surface area contributed by atoms with Crippen LogP contribution in [0.1, 0.15) is 18.1 Å².